The third-order valence-corrected chi connectivity index (χ3v) is 3.48. The van der Waals surface area contributed by atoms with Crippen LogP contribution in [0.5, 0.6) is 0 Å². The predicted octanol–water partition coefficient (Wildman–Crippen LogP) is 2.05. The van der Waals surface area contributed by atoms with Crippen LogP contribution in [0.25, 0.3) is 0 Å². The van der Waals surface area contributed by atoms with E-state index in [1.165, 1.54) is 12.1 Å². The van der Waals surface area contributed by atoms with Crippen LogP contribution in [0.2, 0.25) is 0 Å². The van der Waals surface area contributed by atoms with Gasteiger partial charge in [-0.2, -0.15) is 0 Å². The highest BCUT2D eigenvalue weighted by molar-refractivity contribution is 14.2. The van der Waals surface area contributed by atoms with E-state index in [9.17, 15) is 13.2 Å². The van der Waals surface area contributed by atoms with Crippen molar-refractivity contribution in [1.29, 1.82) is 0 Å². The second-order valence-electron chi connectivity index (χ2n) is 2.03. The van der Waals surface area contributed by atoms with Crippen molar-refractivity contribution in [2.24, 2.45) is 0 Å². The van der Waals surface area contributed by atoms with Crippen LogP contribution in [0.3, 0.4) is 0 Å². The minimum Gasteiger partial charge on any atom is -0.274 e. The standard InChI is InChI=1S/C7H6INO3/c1-8(10)6-4-2-3-5-7(6)9(11)12/h2-5H,1H2. The Balaban J connectivity index is 3.36. The normalized spacial score (nSPS) is 10.1. The van der Waals surface area contributed by atoms with E-state index in [-0.39, 0.29) is 9.26 Å². The Morgan fingerprint density at radius 2 is 2.00 bits per heavy atom. The Hall–Kier alpha value is -0.980. The molecule has 0 saturated heterocycles. The molecule has 0 bridgehead atoms. The second kappa shape index (κ2) is 3.61. The van der Waals surface area contributed by atoms with E-state index in [0.29, 0.717) is 0 Å². The van der Waals surface area contributed by atoms with E-state index < -0.39 is 24.3 Å². The van der Waals surface area contributed by atoms with Gasteiger partial charge in [-0.25, -0.2) is 0 Å². The molecule has 0 N–H and O–H groups in total. The summed E-state index contributed by atoms with van der Waals surface area (Å²) < 4.78 is 14.6. The first kappa shape index (κ1) is 9.11. The molecule has 1 aromatic carbocycles. The van der Waals surface area contributed by atoms with Crippen molar-refractivity contribution in [3.05, 3.63) is 37.9 Å². The lowest BCUT2D eigenvalue weighted by Crippen LogP contribution is -1.90. The van der Waals surface area contributed by atoms with E-state index >= 15 is 0 Å². The van der Waals surface area contributed by atoms with E-state index in [0.717, 1.165) is 0 Å². The van der Waals surface area contributed by atoms with Gasteiger partial charge in [0.25, 0.3) is 5.69 Å². The zero-order valence-electron chi connectivity index (χ0n) is 6.07. The first-order valence-electron chi connectivity index (χ1n) is 3.03. The van der Waals surface area contributed by atoms with Crippen molar-refractivity contribution in [2.45, 2.75) is 0 Å². The maximum absolute atomic E-state index is 11.0. The molecule has 0 fully saturated rings. The molecule has 0 heterocycles. The maximum atomic E-state index is 11.0. The van der Waals surface area contributed by atoms with Gasteiger partial charge < -0.3 is 0 Å². The van der Waals surface area contributed by atoms with Gasteiger partial charge in [-0.1, -0.05) is 12.1 Å². The summed E-state index contributed by atoms with van der Waals surface area (Å²) in [6, 6.07) is 5.99. The lowest BCUT2D eigenvalue weighted by molar-refractivity contribution is -0.385. The fraction of sp³-hybridized carbons (Fsp3) is 0. The van der Waals surface area contributed by atoms with Crippen LogP contribution in [0.1, 0.15) is 0 Å². The molecule has 4 nitrogen and oxygen atoms in total. The Labute approximate surface area is 75.6 Å². The highest BCUT2D eigenvalue weighted by Gasteiger charge is 2.12. The summed E-state index contributed by atoms with van der Waals surface area (Å²) in [6.45, 7) is 0. The summed E-state index contributed by atoms with van der Waals surface area (Å²) >= 11 is -2.73. The minimum absolute atomic E-state index is 0.0901. The van der Waals surface area contributed by atoms with Gasteiger partial charge in [-0.05, 0) is 10.6 Å². The number of hydrogen-bond donors (Lipinski definition) is 0. The number of halogens is 1. The molecular weight excluding hydrogens is 273 g/mol. The van der Waals surface area contributed by atoms with E-state index in [1.807, 2.05) is 0 Å². The lowest BCUT2D eigenvalue weighted by Gasteiger charge is -1.93. The molecule has 0 radical (unpaired) electrons. The Bertz CT molecular complexity index is 376. The molecule has 64 valence electrons. The Kier molecular flexibility index (Phi) is 2.74. The molecule has 0 aliphatic carbocycles. The number of para-hydroxylation sites is 1. The van der Waals surface area contributed by atoms with Crippen molar-refractivity contribution in [3.8, 4) is 0 Å². The summed E-state index contributed by atoms with van der Waals surface area (Å²) in [4.78, 5) is 9.85. The quantitative estimate of drug-likeness (QED) is 0.473. The molecule has 5 heteroatoms. The van der Waals surface area contributed by atoms with Crippen molar-refractivity contribution in [1.82, 2.24) is 0 Å². The molecule has 0 unspecified atom stereocenters. The van der Waals surface area contributed by atoms with Gasteiger partial charge in [-0.3, -0.25) is 13.2 Å². The van der Waals surface area contributed by atoms with Crippen molar-refractivity contribution < 1.29 is 7.99 Å². The van der Waals surface area contributed by atoms with Crippen LogP contribution in [-0.2, 0) is 3.07 Å². The van der Waals surface area contributed by atoms with Gasteiger partial charge in [0.05, 0.1) is 4.92 Å². The summed E-state index contributed by atoms with van der Waals surface area (Å²) in [5.41, 5.74) is -0.0901. The molecule has 0 aromatic heterocycles. The van der Waals surface area contributed by atoms with Crippen molar-refractivity contribution >= 4 is 29.5 Å². The molecule has 0 amide bonds. The first-order chi connectivity index (χ1) is 5.63. The van der Waals surface area contributed by atoms with E-state index in [1.54, 1.807) is 12.1 Å². The van der Waals surface area contributed by atoms with Gasteiger partial charge in [-0.15, -0.1) is 0 Å². The summed E-state index contributed by atoms with van der Waals surface area (Å²) in [7, 11) is 0. The maximum Gasteiger partial charge on any atom is 0.284 e. The zero-order valence-corrected chi connectivity index (χ0v) is 8.22. The number of rotatable bonds is 2. The Morgan fingerprint density at radius 3 is 2.42 bits per heavy atom. The summed E-state index contributed by atoms with van der Waals surface area (Å²) in [5.74, 6) is 0. The van der Waals surface area contributed by atoms with Crippen LogP contribution in [0, 0.1) is 13.7 Å². The van der Waals surface area contributed by atoms with Gasteiger partial charge in [0.15, 0.2) is 0 Å². The zero-order chi connectivity index (χ0) is 9.14. The fourth-order valence-electron chi connectivity index (χ4n) is 0.778. The highest BCUT2D eigenvalue weighted by atomic mass is 127. The molecule has 12 heavy (non-hydrogen) atoms. The second-order valence-corrected chi connectivity index (χ2v) is 5.02. The predicted molar refractivity (Wildman–Crippen MR) is 53.6 cm³/mol. The van der Waals surface area contributed by atoms with Gasteiger partial charge in [0.2, 0.25) is 0 Å². The van der Waals surface area contributed by atoms with Crippen LogP contribution in [0.15, 0.2) is 24.3 Å². The molecule has 0 atom stereocenters. The van der Waals surface area contributed by atoms with E-state index in [4.69, 9.17) is 0 Å². The molecular formula is C7H6INO3. The summed E-state index contributed by atoms with van der Waals surface area (Å²) in [6.07, 6.45) is 0. The number of hydrogen-bond acceptors (Lipinski definition) is 3. The molecule has 1 rings (SSSR count). The van der Waals surface area contributed by atoms with Crippen LogP contribution < -0.4 is 0 Å². The molecule has 1 aromatic rings. The molecule has 0 saturated carbocycles. The highest BCUT2D eigenvalue weighted by Crippen LogP contribution is 2.26. The number of benzene rings is 1. The lowest BCUT2D eigenvalue weighted by atomic mass is 10.3. The number of nitro groups is 1. The SMILES string of the molecule is C=I(=O)c1ccccc1[N+](=O)[O-]. The number of nitrogens with zero attached hydrogens (tertiary/aromatic N) is 1. The van der Waals surface area contributed by atoms with E-state index in [2.05, 4.69) is 4.51 Å². The summed E-state index contributed by atoms with van der Waals surface area (Å²) in [5, 5.41) is 10.4. The van der Waals surface area contributed by atoms with Crippen molar-refractivity contribution in [3.63, 3.8) is 0 Å². The average Bonchev–Trinajstić information content (AvgIpc) is 2.04. The minimum atomic E-state index is -2.73. The third kappa shape index (κ3) is 1.79. The molecule has 0 spiro atoms. The average molecular weight is 279 g/mol. The fourth-order valence-corrected chi connectivity index (χ4v) is 2.38. The third-order valence-electron chi connectivity index (χ3n) is 1.28. The monoisotopic (exact) mass is 279 g/mol. The topological polar surface area (TPSA) is 60.2 Å². The number of nitro benzene ring substituents is 1. The largest absolute Gasteiger partial charge is 0.284 e. The van der Waals surface area contributed by atoms with Crippen molar-refractivity contribution in [2.75, 3.05) is 0 Å². The van der Waals surface area contributed by atoms with Crippen LogP contribution in [-0.4, -0.2) is 9.44 Å². The molecule has 0 aliphatic heterocycles. The van der Waals surface area contributed by atoms with Crippen LogP contribution >= 0.6 is 19.3 Å². The first-order valence-corrected chi connectivity index (χ1v) is 6.51. The van der Waals surface area contributed by atoms with Gasteiger partial charge in [0.1, 0.15) is 22.9 Å². The molecule has 0 aliphatic rings. The smallest absolute Gasteiger partial charge is 0.274 e. The van der Waals surface area contributed by atoms with Gasteiger partial charge >= 0.3 is 0 Å². The van der Waals surface area contributed by atoms with Gasteiger partial charge in [0, 0.05) is 6.07 Å². The van der Waals surface area contributed by atoms with Crippen LogP contribution in [0.4, 0.5) is 5.69 Å². The Morgan fingerprint density at radius 1 is 1.42 bits per heavy atom.